The van der Waals surface area contributed by atoms with Crippen molar-refractivity contribution in [3.8, 4) is 0 Å². The van der Waals surface area contributed by atoms with Crippen LogP contribution in [-0.4, -0.2) is 35.8 Å². The van der Waals surface area contributed by atoms with E-state index in [-0.39, 0.29) is 6.10 Å². The number of aromatic nitrogens is 1. The maximum Gasteiger partial charge on any atom is 0.128 e. The van der Waals surface area contributed by atoms with Crippen molar-refractivity contribution in [2.75, 3.05) is 24.5 Å². The summed E-state index contributed by atoms with van der Waals surface area (Å²) in [6, 6.07) is 4.22. The number of hydrogen-bond donors (Lipinski definition) is 2. The third-order valence-corrected chi connectivity index (χ3v) is 3.35. The lowest BCUT2D eigenvalue weighted by molar-refractivity contribution is 0.145. The van der Waals surface area contributed by atoms with Gasteiger partial charge in [0, 0.05) is 25.8 Å². The molecule has 4 nitrogen and oxygen atoms in total. The monoisotopic (exact) mass is 249 g/mol. The maximum atomic E-state index is 9.48. The molecule has 100 valence electrons. The quantitative estimate of drug-likeness (QED) is 0.777. The zero-order valence-corrected chi connectivity index (χ0v) is 11.1. The van der Waals surface area contributed by atoms with Gasteiger partial charge in [-0.05, 0) is 37.4 Å². The minimum absolute atomic E-state index is 0.126. The molecule has 2 N–H and O–H groups in total. The number of hydrogen-bond acceptors (Lipinski definition) is 4. The maximum absolute atomic E-state index is 9.48. The number of rotatable bonds is 5. The summed E-state index contributed by atoms with van der Waals surface area (Å²) >= 11 is 0. The van der Waals surface area contributed by atoms with Crippen LogP contribution in [0.1, 0.15) is 31.7 Å². The molecule has 1 aliphatic rings. The molecule has 0 aromatic carbocycles. The van der Waals surface area contributed by atoms with Gasteiger partial charge in [-0.15, -0.1) is 0 Å². The Kier molecular flexibility index (Phi) is 4.96. The van der Waals surface area contributed by atoms with E-state index in [1.165, 1.54) is 5.56 Å². The fourth-order valence-electron chi connectivity index (χ4n) is 2.21. The number of aliphatic hydroxyl groups excluding tert-OH is 1. The van der Waals surface area contributed by atoms with Gasteiger partial charge in [0.25, 0.3) is 0 Å². The standard InChI is InChI=1S/C14H23N3O/c1-2-7-15-10-12-3-4-14(16-11-12)17-8-5-13(18)6-9-17/h3-4,11,13,15,18H,2,5-10H2,1H3. The Balaban J connectivity index is 1.87. The van der Waals surface area contributed by atoms with Crippen molar-refractivity contribution in [3.63, 3.8) is 0 Å². The molecule has 0 spiro atoms. The van der Waals surface area contributed by atoms with Crippen LogP contribution in [0.4, 0.5) is 5.82 Å². The molecule has 2 rings (SSSR count). The van der Waals surface area contributed by atoms with Gasteiger partial charge in [0.15, 0.2) is 0 Å². The fourth-order valence-corrected chi connectivity index (χ4v) is 2.21. The molecule has 1 aliphatic heterocycles. The largest absolute Gasteiger partial charge is 0.393 e. The molecule has 18 heavy (non-hydrogen) atoms. The van der Waals surface area contributed by atoms with E-state index in [9.17, 15) is 5.11 Å². The Labute approximate surface area is 109 Å². The number of piperidine rings is 1. The zero-order valence-electron chi connectivity index (χ0n) is 11.1. The summed E-state index contributed by atoms with van der Waals surface area (Å²) in [4.78, 5) is 6.76. The molecule has 1 saturated heterocycles. The Morgan fingerprint density at radius 2 is 2.17 bits per heavy atom. The summed E-state index contributed by atoms with van der Waals surface area (Å²) in [6.07, 6.45) is 4.67. The molecule has 1 fully saturated rings. The van der Waals surface area contributed by atoms with Crippen molar-refractivity contribution in [1.82, 2.24) is 10.3 Å². The number of pyridine rings is 1. The van der Waals surface area contributed by atoms with E-state index in [0.29, 0.717) is 0 Å². The summed E-state index contributed by atoms with van der Waals surface area (Å²) in [5.74, 6) is 1.03. The van der Waals surface area contributed by atoms with Crippen LogP contribution in [0.3, 0.4) is 0 Å². The Morgan fingerprint density at radius 1 is 1.39 bits per heavy atom. The summed E-state index contributed by atoms with van der Waals surface area (Å²) in [5.41, 5.74) is 1.23. The van der Waals surface area contributed by atoms with Crippen molar-refractivity contribution in [3.05, 3.63) is 23.9 Å². The van der Waals surface area contributed by atoms with Crippen molar-refractivity contribution in [1.29, 1.82) is 0 Å². The molecule has 0 radical (unpaired) electrons. The topological polar surface area (TPSA) is 48.4 Å². The zero-order chi connectivity index (χ0) is 12.8. The first-order valence-electron chi connectivity index (χ1n) is 6.88. The average Bonchev–Trinajstić information content (AvgIpc) is 2.41. The molecule has 0 unspecified atom stereocenters. The molecule has 0 saturated carbocycles. The Morgan fingerprint density at radius 3 is 2.78 bits per heavy atom. The SMILES string of the molecule is CCCNCc1ccc(N2CCC(O)CC2)nc1. The number of aliphatic hydroxyl groups is 1. The van der Waals surface area contributed by atoms with E-state index >= 15 is 0 Å². The van der Waals surface area contributed by atoms with E-state index in [1.807, 2.05) is 6.20 Å². The third kappa shape index (κ3) is 3.68. The van der Waals surface area contributed by atoms with Gasteiger partial charge in [-0.25, -0.2) is 4.98 Å². The van der Waals surface area contributed by atoms with E-state index in [2.05, 4.69) is 34.3 Å². The van der Waals surface area contributed by atoms with Gasteiger partial charge in [0.1, 0.15) is 5.82 Å². The van der Waals surface area contributed by atoms with Gasteiger partial charge >= 0.3 is 0 Å². The van der Waals surface area contributed by atoms with Gasteiger partial charge in [0.05, 0.1) is 6.10 Å². The van der Waals surface area contributed by atoms with Crippen LogP contribution in [-0.2, 0) is 6.54 Å². The van der Waals surface area contributed by atoms with Crippen LogP contribution in [0.2, 0.25) is 0 Å². The molecule has 2 heterocycles. The molecule has 0 amide bonds. The molecule has 0 bridgehead atoms. The Bertz CT molecular complexity index is 345. The molecular weight excluding hydrogens is 226 g/mol. The van der Waals surface area contributed by atoms with Crippen LogP contribution in [0.25, 0.3) is 0 Å². The predicted octanol–water partition coefficient (Wildman–Crippen LogP) is 1.54. The minimum atomic E-state index is -0.126. The predicted molar refractivity (Wildman–Crippen MR) is 73.7 cm³/mol. The van der Waals surface area contributed by atoms with E-state index in [0.717, 1.165) is 51.3 Å². The lowest BCUT2D eigenvalue weighted by Crippen LogP contribution is -2.36. The van der Waals surface area contributed by atoms with Crippen LogP contribution in [0, 0.1) is 0 Å². The molecular formula is C14H23N3O. The normalized spacial score (nSPS) is 17.1. The fraction of sp³-hybridized carbons (Fsp3) is 0.643. The first kappa shape index (κ1) is 13.3. The average molecular weight is 249 g/mol. The van der Waals surface area contributed by atoms with E-state index in [4.69, 9.17) is 0 Å². The van der Waals surface area contributed by atoms with Crippen molar-refractivity contribution in [2.45, 2.75) is 38.8 Å². The highest BCUT2D eigenvalue weighted by molar-refractivity contribution is 5.39. The lowest BCUT2D eigenvalue weighted by atomic mass is 10.1. The third-order valence-electron chi connectivity index (χ3n) is 3.35. The minimum Gasteiger partial charge on any atom is -0.393 e. The molecule has 1 aromatic rings. The van der Waals surface area contributed by atoms with Crippen LogP contribution in [0.5, 0.6) is 0 Å². The summed E-state index contributed by atoms with van der Waals surface area (Å²) in [6.45, 7) is 5.91. The molecule has 0 atom stereocenters. The summed E-state index contributed by atoms with van der Waals surface area (Å²) < 4.78 is 0. The lowest BCUT2D eigenvalue weighted by Gasteiger charge is -2.30. The van der Waals surface area contributed by atoms with E-state index in [1.54, 1.807) is 0 Å². The summed E-state index contributed by atoms with van der Waals surface area (Å²) in [5, 5.41) is 12.9. The van der Waals surface area contributed by atoms with Crippen molar-refractivity contribution in [2.24, 2.45) is 0 Å². The van der Waals surface area contributed by atoms with Crippen LogP contribution in [0.15, 0.2) is 18.3 Å². The first-order valence-corrected chi connectivity index (χ1v) is 6.88. The Hall–Kier alpha value is -1.13. The molecule has 0 aliphatic carbocycles. The highest BCUT2D eigenvalue weighted by Crippen LogP contribution is 2.17. The highest BCUT2D eigenvalue weighted by atomic mass is 16.3. The van der Waals surface area contributed by atoms with Gasteiger partial charge in [-0.1, -0.05) is 13.0 Å². The van der Waals surface area contributed by atoms with Crippen LogP contribution >= 0.6 is 0 Å². The van der Waals surface area contributed by atoms with Gasteiger partial charge in [-0.2, -0.15) is 0 Å². The van der Waals surface area contributed by atoms with Gasteiger partial charge in [0.2, 0.25) is 0 Å². The smallest absolute Gasteiger partial charge is 0.128 e. The van der Waals surface area contributed by atoms with Crippen molar-refractivity contribution < 1.29 is 5.11 Å². The van der Waals surface area contributed by atoms with Gasteiger partial charge < -0.3 is 15.3 Å². The number of nitrogens with one attached hydrogen (secondary N) is 1. The number of anilines is 1. The first-order chi connectivity index (χ1) is 8.79. The molecule has 4 heteroatoms. The number of nitrogens with zero attached hydrogens (tertiary/aromatic N) is 2. The second-order valence-corrected chi connectivity index (χ2v) is 4.92. The van der Waals surface area contributed by atoms with E-state index < -0.39 is 0 Å². The molecule has 1 aromatic heterocycles. The van der Waals surface area contributed by atoms with Crippen LogP contribution < -0.4 is 10.2 Å². The van der Waals surface area contributed by atoms with Crippen molar-refractivity contribution >= 4 is 5.82 Å². The second-order valence-electron chi connectivity index (χ2n) is 4.92. The highest BCUT2D eigenvalue weighted by Gasteiger charge is 2.17. The second kappa shape index (κ2) is 6.71. The summed E-state index contributed by atoms with van der Waals surface area (Å²) in [7, 11) is 0. The van der Waals surface area contributed by atoms with Gasteiger partial charge in [-0.3, -0.25) is 0 Å².